The highest BCUT2D eigenvalue weighted by Crippen LogP contribution is 2.35. The second-order valence-electron chi connectivity index (χ2n) is 5.57. The van der Waals surface area contributed by atoms with E-state index >= 15 is 0 Å². The van der Waals surface area contributed by atoms with Gasteiger partial charge in [0, 0.05) is 13.1 Å². The molecule has 1 N–H and O–H groups in total. The molecule has 0 aliphatic heterocycles. The standard InChI is InChI=1S/C16H22N4O/c1-11-18-19-16(20(11)3)10-21-15-9-5-6-12-13(15)7-4-8-14(12)17-2/h5-6,9,14,17H,4,7-8,10H2,1-3H3. The Bertz CT molecular complexity index is 635. The summed E-state index contributed by atoms with van der Waals surface area (Å²) < 4.78 is 7.99. The van der Waals surface area contributed by atoms with Crippen molar-refractivity contribution in [3.05, 3.63) is 41.0 Å². The molecule has 5 heteroatoms. The van der Waals surface area contributed by atoms with Crippen LogP contribution in [0.15, 0.2) is 18.2 Å². The van der Waals surface area contributed by atoms with Crippen molar-refractivity contribution in [1.29, 1.82) is 0 Å². The van der Waals surface area contributed by atoms with E-state index < -0.39 is 0 Å². The number of aryl methyl sites for hydroxylation is 1. The van der Waals surface area contributed by atoms with Gasteiger partial charge in [-0.25, -0.2) is 0 Å². The summed E-state index contributed by atoms with van der Waals surface area (Å²) in [6.07, 6.45) is 3.47. The summed E-state index contributed by atoms with van der Waals surface area (Å²) in [6.45, 7) is 2.40. The molecule has 0 saturated carbocycles. The van der Waals surface area contributed by atoms with Crippen LogP contribution in [0.2, 0.25) is 0 Å². The third kappa shape index (κ3) is 2.65. The fourth-order valence-electron chi connectivity index (χ4n) is 2.97. The van der Waals surface area contributed by atoms with Gasteiger partial charge in [0.25, 0.3) is 0 Å². The molecule has 0 saturated heterocycles. The fraction of sp³-hybridized carbons (Fsp3) is 0.500. The van der Waals surface area contributed by atoms with Crippen LogP contribution in [0, 0.1) is 6.92 Å². The van der Waals surface area contributed by atoms with Gasteiger partial charge in [-0.3, -0.25) is 0 Å². The molecule has 0 radical (unpaired) electrons. The topological polar surface area (TPSA) is 52.0 Å². The van der Waals surface area contributed by atoms with Crippen LogP contribution in [0.4, 0.5) is 0 Å². The lowest BCUT2D eigenvalue weighted by Crippen LogP contribution is -2.22. The Kier molecular flexibility index (Phi) is 3.92. The van der Waals surface area contributed by atoms with Gasteiger partial charge in [-0.05, 0) is 50.4 Å². The highest BCUT2D eigenvalue weighted by molar-refractivity contribution is 5.43. The third-order valence-corrected chi connectivity index (χ3v) is 4.35. The van der Waals surface area contributed by atoms with Crippen molar-refractivity contribution in [2.75, 3.05) is 7.05 Å². The van der Waals surface area contributed by atoms with Gasteiger partial charge in [0.1, 0.15) is 18.2 Å². The number of benzene rings is 1. The summed E-state index contributed by atoms with van der Waals surface area (Å²) in [7, 11) is 3.99. The van der Waals surface area contributed by atoms with Crippen LogP contribution in [0.3, 0.4) is 0 Å². The normalized spacial score (nSPS) is 17.6. The molecule has 112 valence electrons. The van der Waals surface area contributed by atoms with Crippen molar-refractivity contribution in [3.8, 4) is 5.75 Å². The van der Waals surface area contributed by atoms with Crippen molar-refractivity contribution >= 4 is 0 Å². The summed E-state index contributed by atoms with van der Waals surface area (Å²) in [6, 6.07) is 6.77. The molecule has 0 amide bonds. The van der Waals surface area contributed by atoms with E-state index in [1.165, 1.54) is 24.0 Å². The number of aromatic nitrogens is 3. The molecule has 0 spiro atoms. The van der Waals surface area contributed by atoms with Crippen molar-refractivity contribution in [2.24, 2.45) is 7.05 Å². The van der Waals surface area contributed by atoms with E-state index in [1.807, 2.05) is 25.6 Å². The predicted octanol–water partition coefficient (Wildman–Crippen LogP) is 2.30. The van der Waals surface area contributed by atoms with E-state index in [9.17, 15) is 0 Å². The number of hydrogen-bond acceptors (Lipinski definition) is 4. The first-order chi connectivity index (χ1) is 10.2. The highest BCUT2D eigenvalue weighted by Gasteiger charge is 2.21. The summed E-state index contributed by atoms with van der Waals surface area (Å²) in [5.41, 5.74) is 2.71. The number of fused-ring (bicyclic) bond motifs is 1. The monoisotopic (exact) mass is 286 g/mol. The molecule has 0 fully saturated rings. The van der Waals surface area contributed by atoms with Crippen molar-refractivity contribution in [1.82, 2.24) is 20.1 Å². The lowest BCUT2D eigenvalue weighted by Gasteiger charge is -2.26. The minimum Gasteiger partial charge on any atom is -0.485 e. The molecule has 1 unspecified atom stereocenters. The van der Waals surface area contributed by atoms with E-state index in [0.29, 0.717) is 12.6 Å². The zero-order valence-electron chi connectivity index (χ0n) is 12.9. The van der Waals surface area contributed by atoms with E-state index in [0.717, 1.165) is 23.8 Å². The van der Waals surface area contributed by atoms with Gasteiger partial charge < -0.3 is 14.6 Å². The van der Waals surface area contributed by atoms with E-state index in [-0.39, 0.29) is 0 Å². The first-order valence-electron chi connectivity index (χ1n) is 7.47. The Morgan fingerprint density at radius 2 is 2.24 bits per heavy atom. The van der Waals surface area contributed by atoms with Crippen molar-refractivity contribution < 1.29 is 4.74 Å². The van der Waals surface area contributed by atoms with Gasteiger partial charge in [0.15, 0.2) is 5.82 Å². The van der Waals surface area contributed by atoms with E-state index in [1.54, 1.807) is 0 Å². The van der Waals surface area contributed by atoms with Gasteiger partial charge >= 0.3 is 0 Å². The largest absolute Gasteiger partial charge is 0.485 e. The zero-order valence-corrected chi connectivity index (χ0v) is 12.9. The molecule has 1 aromatic carbocycles. The zero-order chi connectivity index (χ0) is 14.8. The molecule has 2 aromatic rings. The minimum absolute atomic E-state index is 0.439. The summed E-state index contributed by atoms with van der Waals surface area (Å²) in [5, 5.41) is 11.6. The summed E-state index contributed by atoms with van der Waals surface area (Å²) in [5.74, 6) is 2.73. The Hall–Kier alpha value is -1.88. The minimum atomic E-state index is 0.439. The van der Waals surface area contributed by atoms with Gasteiger partial charge in [-0.15, -0.1) is 10.2 Å². The number of ether oxygens (including phenoxy) is 1. The number of nitrogens with zero attached hydrogens (tertiary/aromatic N) is 3. The molecule has 1 aromatic heterocycles. The van der Waals surface area contributed by atoms with Gasteiger partial charge in [-0.1, -0.05) is 12.1 Å². The SMILES string of the molecule is CNC1CCCc2c(OCc3nnc(C)n3C)cccc21. The number of rotatable bonds is 4. The van der Waals surface area contributed by atoms with Crippen LogP contribution in [0.5, 0.6) is 5.75 Å². The third-order valence-electron chi connectivity index (χ3n) is 4.35. The van der Waals surface area contributed by atoms with E-state index in [4.69, 9.17) is 4.74 Å². The fourth-order valence-corrected chi connectivity index (χ4v) is 2.97. The average molecular weight is 286 g/mol. The van der Waals surface area contributed by atoms with Crippen LogP contribution < -0.4 is 10.1 Å². The van der Waals surface area contributed by atoms with Gasteiger partial charge in [-0.2, -0.15) is 0 Å². The van der Waals surface area contributed by atoms with Gasteiger partial charge in [0.2, 0.25) is 0 Å². The quantitative estimate of drug-likeness (QED) is 0.937. The second kappa shape index (κ2) is 5.85. The lowest BCUT2D eigenvalue weighted by atomic mass is 9.87. The molecule has 1 aliphatic carbocycles. The van der Waals surface area contributed by atoms with Crippen LogP contribution >= 0.6 is 0 Å². The first kappa shape index (κ1) is 14.1. The Labute approximate surface area is 125 Å². The maximum atomic E-state index is 6.03. The molecule has 1 atom stereocenters. The van der Waals surface area contributed by atoms with Crippen LogP contribution in [-0.2, 0) is 20.1 Å². The molecule has 5 nitrogen and oxygen atoms in total. The Balaban J connectivity index is 1.82. The molecule has 3 rings (SSSR count). The van der Waals surface area contributed by atoms with Gasteiger partial charge in [0.05, 0.1) is 0 Å². The molecule has 21 heavy (non-hydrogen) atoms. The number of hydrogen-bond donors (Lipinski definition) is 1. The predicted molar refractivity (Wildman–Crippen MR) is 81.3 cm³/mol. The first-order valence-corrected chi connectivity index (χ1v) is 7.47. The Morgan fingerprint density at radius 3 is 2.95 bits per heavy atom. The van der Waals surface area contributed by atoms with Crippen molar-refractivity contribution in [3.63, 3.8) is 0 Å². The molecule has 1 heterocycles. The smallest absolute Gasteiger partial charge is 0.170 e. The molecular weight excluding hydrogens is 264 g/mol. The number of nitrogens with one attached hydrogen (secondary N) is 1. The van der Waals surface area contributed by atoms with E-state index in [2.05, 4.69) is 33.7 Å². The highest BCUT2D eigenvalue weighted by atomic mass is 16.5. The Morgan fingerprint density at radius 1 is 1.38 bits per heavy atom. The van der Waals surface area contributed by atoms with Crippen molar-refractivity contribution in [2.45, 2.75) is 38.8 Å². The lowest BCUT2D eigenvalue weighted by molar-refractivity contribution is 0.285. The van der Waals surface area contributed by atoms with Crippen LogP contribution in [0.1, 0.15) is 41.7 Å². The summed E-state index contributed by atoms with van der Waals surface area (Å²) >= 11 is 0. The second-order valence-corrected chi connectivity index (χ2v) is 5.57. The molecule has 0 bridgehead atoms. The van der Waals surface area contributed by atoms with Crippen LogP contribution in [-0.4, -0.2) is 21.8 Å². The van der Waals surface area contributed by atoms with Crippen LogP contribution in [0.25, 0.3) is 0 Å². The molecular formula is C16H22N4O. The maximum absolute atomic E-state index is 6.03. The maximum Gasteiger partial charge on any atom is 0.170 e. The summed E-state index contributed by atoms with van der Waals surface area (Å²) in [4.78, 5) is 0. The average Bonchev–Trinajstić information content (AvgIpc) is 2.84. The molecule has 1 aliphatic rings.